The quantitative estimate of drug-likeness (QED) is 0.511. The maximum Gasteiger partial charge on any atom is 0.338 e. The Hall–Kier alpha value is -3.45. The fourth-order valence-corrected chi connectivity index (χ4v) is 3.63. The van der Waals surface area contributed by atoms with Gasteiger partial charge in [-0.25, -0.2) is 9.78 Å². The van der Waals surface area contributed by atoms with Crippen LogP contribution in [0.3, 0.4) is 0 Å². The predicted molar refractivity (Wildman–Crippen MR) is 114 cm³/mol. The number of esters is 1. The molecule has 2 aromatic carbocycles. The molecule has 1 aliphatic heterocycles. The number of nitrogens with one attached hydrogen (secondary N) is 1. The molecule has 1 atom stereocenters. The molecule has 3 aromatic rings. The van der Waals surface area contributed by atoms with E-state index in [1.807, 2.05) is 0 Å². The zero-order valence-corrected chi connectivity index (χ0v) is 16.8. The largest absolute Gasteiger partial charge is 0.452 e. The Balaban J connectivity index is 1.51. The molecule has 0 saturated heterocycles. The fourth-order valence-electron chi connectivity index (χ4n) is 3.48. The molecule has 0 saturated carbocycles. The maximum absolute atomic E-state index is 12.9. The summed E-state index contributed by atoms with van der Waals surface area (Å²) in [5.74, 6) is -1.20. The van der Waals surface area contributed by atoms with Crippen molar-refractivity contribution >= 4 is 51.7 Å². The van der Waals surface area contributed by atoms with E-state index in [1.165, 1.54) is 4.90 Å². The SMILES string of the molecule is CC1CC(=O)Nc2ccccc2N1C(=O)COC(=O)c1ccc2nc(Cl)ccc2c1. The summed E-state index contributed by atoms with van der Waals surface area (Å²) in [4.78, 5) is 43.1. The molecule has 8 heteroatoms. The zero-order chi connectivity index (χ0) is 21.3. The van der Waals surface area contributed by atoms with Crippen LogP contribution in [0.5, 0.6) is 0 Å². The van der Waals surface area contributed by atoms with Gasteiger partial charge in [0.25, 0.3) is 5.91 Å². The van der Waals surface area contributed by atoms with Gasteiger partial charge in [0.2, 0.25) is 5.91 Å². The second kappa shape index (κ2) is 8.12. The van der Waals surface area contributed by atoms with Crippen LogP contribution in [0.15, 0.2) is 54.6 Å². The van der Waals surface area contributed by atoms with Crippen molar-refractivity contribution in [1.29, 1.82) is 0 Å². The predicted octanol–water partition coefficient (Wildman–Crippen LogP) is 3.81. The van der Waals surface area contributed by atoms with E-state index in [0.717, 1.165) is 5.39 Å². The number of carbonyl (C=O) groups excluding carboxylic acids is 3. The van der Waals surface area contributed by atoms with Crippen LogP contribution in [0, 0.1) is 0 Å². The molecule has 0 radical (unpaired) electrons. The highest BCUT2D eigenvalue weighted by Crippen LogP contribution is 2.31. The number of amides is 2. The Bertz CT molecular complexity index is 1160. The summed E-state index contributed by atoms with van der Waals surface area (Å²) in [7, 11) is 0. The van der Waals surface area contributed by atoms with E-state index < -0.39 is 18.5 Å². The van der Waals surface area contributed by atoms with E-state index in [2.05, 4.69) is 10.3 Å². The van der Waals surface area contributed by atoms with Gasteiger partial charge in [-0.05, 0) is 49.4 Å². The normalized spacial score (nSPS) is 15.9. The van der Waals surface area contributed by atoms with Gasteiger partial charge in [-0.1, -0.05) is 23.7 Å². The van der Waals surface area contributed by atoms with Gasteiger partial charge in [0.05, 0.1) is 22.5 Å². The highest BCUT2D eigenvalue weighted by atomic mass is 35.5. The Morgan fingerprint density at radius 2 is 2.00 bits per heavy atom. The van der Waals surface area contributed by atoms with Gasteiger partial charge in [0.1, 0.15) is 5.15 Å². The lowest BCUT2D eigenvalue weighted by atomic mass is 10.1. The Morgan fingerprint density at radius 3 is 2.83 bits per heavy atom. The molecule has 1 aromatic heterocycles. The summed E-state index contributed by atoms with van der Waals surface area (Å²) in [6.07, 6.45) is 0.147. The van der Waals surface area contributed by atoms with Crippen LogP contribution in [0.1, 0.15) is 23.7 Å². The second-order valence-corrected chi connectivity index (χ2v) is 7.39. The van der Waals surface area contributed by atoms with Crippen molar-refractivity contribution < 1.29 is 19.1 Å². The molecular weight excluding hydrogens is 406 g/mol. The molecule has 0 aliphatic carbocycles. The third-order valence-electron chi connectivity index (χ3n) is 4.85. The van der Waals surface area contributed by atoms with Gasteiger partial charge in [-0.15, -0.1) is 0 Å². The van der Waals surface area contributed by atoms with Gasteiger partial charge >= 0.3 is 5.97 Å². The topological polar surface area (TPSA) is 88.6 Å². The lowest BCUT2D eigenvalue weighted by Crippen LogP contribution is -2.41. The van der Waals surface area contributed by atoms with E-state index in [1.54, 1.807) is 61.5 Å². The number of benzene rings is 2. The van der Waals surface area contributed by atoms with Crippen molar-refractivity contribution in [3.63, 3.8) is 0 Å². The van der Waals surface area contributed by atoms with Crippen molar-refractivity contribution in [2.24, 2.45) is 0 Å². The number of nitrogens with zero attached hydrogens (tertiary/aromatic N) is 2. The molecule has 30 heavy (non-hydrogen) atoms. The van der Waals surface area contributed by atoms with Gasteiger partial charge in [-0.3, -0.25) is 9.59 Å². The maximum atomic E-state index is 12.9. The van der Waals surface area contributed by atoms with E-state index in [4.69, 9.17) is 16.3 Å². The van der Waals surface area contributed by atoms with Gasteiger partial charge < -0.3 is 15.0 Å². The number of pyridine rings is 1. The van der Waals surface area contributed by atoms with Gasteiger partial charge in [-0.2, -0.15) is 0 Å². The second-order valence-electron chi connectivity index (χ2n) is 7.00. The minimum atomic E-state index is -0.620. The molecule has 1 unspecified atom stereocenters. The summed E-state index contributed by atoms with van der Waals surface area (Å²) in [6, 6.07) is 14.9. The summed E-state index contributed by atoms with van der Waals surface area (Å²) >= 11 is 5.88. The molecule has 0 bridgehead atoms. The number of para-hydroxylation sites is 2. The number of halogens is 1. The van der Waals surface area contributed by atoms with Crippen molar-refractivity contribution in [3.8, 4) is 0 Å². The number of carbonyl (C=O) groups is 3. The van der Waals surface area contributed by atoms with Crippen LogP contribution < -0.4 is 10.2 Å². The molecule has 4 rings (SSSR count). The van der Waals surface area contributed by atoms with Crippen LogP contribution in [0.25, 0.3) is 10.9 Å². The monoisotopic (exact) mass is 423 g/mol. The minimum absolute atomic E-state index is 0.147. The lowest BCUT2D eigenvalue weighted by Gasteiger charge is -2.27. The first kappa shape index (κ1) is 19.8. The highest BCUT2D eigenvalue weighted by Gasteiger charge is 2.30. The first-order valence-electron chi connectivity index (χ1n) is 9.37. The molecule has 7 nitrogen and oxygen atoms in total. The molecule has 152 valence electrons. The fraction of sp³-hybridized carbons (Fsp3) is 0.182. The Kier molecular flexibility index (Phi) is 5.37. The zero-order valence-electron chi connectivity index (χ0n) is 16.1. The number of fused-ring (bicyclic) bond motifs is 2. The third-order valence-corrected chi connectivity index (χ3v) is 5.06. The minimum Gasteiger partial charge on any atom is -0.452 e. The summed E-state index contributed by atoms with van der Waals surface area (Å²) in [6.45, 7) is 1.34. The molecule has 2 amide bonds. The van der Waals surface area contributed by atoms with Crippen molar-refractivity contribution in [2.45, 2.75) is 19.4 Å². The van der Waals surface area contributed by atoms with E-state index >= 15 is 0 Å². The molecule has 2 heterocycles. The summed E-state index contributed by atoms with van der Waals surface area (Å²) < 4.78 is 5.26. The van der Waals surface area contributed by atoms with Crippen LogP contribution in [-0.4, -0.2) is 35.4 Å². The molecule has 0 spiro atoms. The van der Waals surface area contributed by atoms with Crippen molar-refractivity contribution in [3.05, 3.63) is 65.3 Å². The van der Waals surface area contributed by atoms with Crippen LogP contribution in [-0.2, 0) is 14.3 Å². The van der Waals surface area contributed by atoms with E-state index in [0.29, 0.717) is 27.6 Å². The highest BCUT2D eigenvalue weighted by molar-refractivity contribution is 6.29. The number of anilines is 2. The number of rotatable bonds is 3. The molecule has 0 fully saturated rings. The molecule has 1 N–H and O–H groups in total. The van der Waals surface area contributed by atoms with Crippen LogP contribution in [0.4, 0.5) is 11.4 Å². The Morgan fingerprint density at radius 1 is 1.20 bits per heavy atom. The van der Waals surface area contributed by atoms with Crippen LogP contribution >= 0.6 is 11.6 Å². The van der Waals surface area contributed by atoms with Crippen LogP contribution in [0.2, 0.25) is 5.15 Å². The average molecular weight is 424 g/mol. The van der Waals surface area contributed by atoms with E-state index in [9.17, 15) is 14.4 Å². The Labute approximate surface area is 177 Å². The molecule has 1 aliphatic rings. The smallest absolute Gasteiger partial charge is 0.338 e. The lowest BCUT2D eigenvalue weighted by molar-refractivity contribution is -0.122. The number of aromatic nitrogens is 1. The number of hydrogen-bond donors (Lipinski definition) is 1. The molecular formula is C22H18ClN3O4. The first-order valence-corrected chi connectivity index (χ1v) is 9.74. The van der Waals surface area contributed by atoms with Gasteiger partial charge in [0.15, 0.2) is 6.61 Å². The number of hydrogen-bond acceptors (Lipinski definition) is 5. The van der Waals surface area contributed by atoms with E-state index in [-0.39, 0.29) is 18.4 Å². The summed E-state index contributed by atoms with van der Waals surface area (Å²) in [5.41, 5.74) is 2.08. The average Bonchev–Trinajstić information content (AvgIpc) is 2.85. The third kappa shape index (κ3) is 3.97. The van der Waals surface area contributed by atoms with Gasteiger partial charge in [0, 0.05) is 17.8 Å². The number of ether oxygens (including phenoxy) is 1. The standard InChI is InChI=1S/C22H18ClN3O4/c1-13-10-20(27)25-17-4-2-3-5-18(17)26(13)21(28)12-30-22(29)15-6-8-16-14(11-15)7-9-19(23)24-16/h2-9,11,13H,10,12H2,1H3,(H,25,27). The van der Waals surface area contributed by atoms with Crippen molar-refractivity contribution in [1.82, 2.24) is 4.98 Å². The van der Waals surface area contributed by atoms with Crippen molar-refractivity contribution in [2.75, 3.05) is 16.8 Å². The first-order chi connectivity index (χ1) is 14.4. The summed E-state index contributed by atoms with van der Waals surface area (Å²) in [5, 5.41) is 3.89.